The molecule has 1 saturated heterocycles. The summed E-state index contributed by atoms with van der Waals surface area (Å²) < 4.78 is 0.895. The van der Waals surface area contributed by atoms with E-state index in [1.54, 1.807) is 6.33 Å². The normalized spacial score (nSPS) is 18.8. The highest BCUT2D eigenvalue weighted by atomic mass is 79.9. The van der Waals surface area contributed by atoms with E-state index in [0.717, 1.165) is 47.9 Å². The predicted octanol–water partition coefficient (Wildman–Crippen LogP) is 2.11. The van der Waals surface area contributed by atoms with Crippen LogP contribution in [-0.4, -0.2) is 59.0 Å². The Labute approximate surface area is 129 Å². The largest absolute Gasteiger partial charge is 0.342 e. The Bertz CT molecular complexity index is 482. The van der Waals surface area contributed by atoms with Gasteiger partial charge in [-0.3, -0.25) is 4.90 Å². The second-order valence-corrected chi connectivity index (χ2v) is 6.08. The molecule has 1 aliphatic rings. The van der Waals surface area contributed by atoms with Crippen LogP contribution in [0.25, 0.3) is 0 Å². The van der Waals surface area contributed by atoms with E-state index in [9.17, 15) is 0 Å². The van der Waals surface area contributed by atoms with Crippen molar-refractivity contribution in [3.8, 4) is 0 Å². The number of nitrogens with zero attached hydrogens (tertiary/aromatic N) is 4. The number of anilines is 1. The van der Waals surface area contributed by atoms with Gasteiger partial charge >= 0.3 is 0 Å². The summed E-state index contributed by atoms with van der Waals surface area (Å²) >= 11 is 3.51. The van der Waals surface area contributed by atoms with Gasteiger partial charge in [-0.05, 0) is 36.8 Å². The molecular weight excluding hydrogens is 318 g/mol. The van der Waals surface area contributed by atoms with E-state index in [0.29, 0.717) is 0 Å². The molecule has 0 aliphatic carbocycles. The zero-order chi connectivity index (χ0) is 14.7. The minimum absolute atomic E-state index is 0.283. The Morgan fingerprint density at radius 2 is 2.00 bits per heavy atom. The summed E-state index contributed by atoms with van der Waals surface area (Å²) in [7, 11) is 2.16. The molecule has 1 atom stereocenters. The van der Waals surface area contributed by atoms with E-state index in [-0.39, 0.29) is 6.04 Å². The number of halogens is 1. The third-order valence-corrected chi connectivity index (χ3v) is 4.78. The molecule has 1 aromatic rings. The highest BCUT2D eigenvalue weighted by Crippen LogP contribution is 2.24. The molecule has 0 bridgehead atoms. The fraction of sp³-hybridized carbons (Fsp3) is 0.571. The van der Waals surface area contributed by atoms with Crippen LogP contribution in [0.15, 0.2) is 23.1 Å². The topological polar surface area (TPSA) is 44.3 Å². The van der Waals surface area contributed by atoms with E-state index < -0.39 is 0 Å². The van der Waals surface area contributed by atoms with Crippen molar-refractivity contribution in [3.05, 3.63) is 28.8 Å². The summed E-state index contributed by atoms with van der Waals surface area (Å²) in [6.45, 7) is 12.7. The summed E-state index contributed by atoms with van der Waals surface area (Å²) in [4.78, 5) is 13.2. The maximum atomic E-state index is 4.26. The third-order valence-electron chi connectivity index (χ3n) is 3.83. The van der Waals surface area contributed by atoms with Gasteiger partial charge in [-0.15, -0.1) is 0 Å². The molecule has 1 N–H and O–H groups in total. The van der Waals surface area contributed by atoms with Gasteiger partial charge in [0.05, 0.1) is 10.2 Å². The van der Waals surface area contributed by atoms with E-state index in [2.05, 4.69) is 61.6 Å². The van der Waals surface area contributed by atoms with Crippen molar-refractivity contribution < 1.29 is 0 Å². The first-order valence-electron chi connectivity index (χ1n) is 6.84. The quantitative estimate of drug-likeness (QED) is 0.910. The van der Waals surface area contributed by atoms with Gasteiger partial charge in [-0.2, -0.15) is 0 Å². The summed E-state index contributed by atoms with van der Waals surface area (Å²) in [5.74, 6) is 0.781. The summed E-state index contributed by atoms with van der Waals surface area (Å²) in [6, 6.07) is 0.283. The molecule has 0 aromatic carbocycles. The number of likely N-dealkylation sites (N-methyl/N-ethyl adjacent to an activating group) is 1. The molecule has 20 heavy (non-hydrogen) atoms. The number of aryl methyl sites for hydroxylation is 1. The van der Waals surface area contributed by atoms with Crippen LogP contribution in [0.2, 0.25) is 0 Å². The van der Waals surface area contributed by atoms with Crippen LogP contribution in [-0.2, 0) is 0 Å². The number of nitrogens with one attached hydrogen (secondary N) is 1. The Morgan fingerprint density at radius 1 is 1.35 bits per heavy atom. The van der Waals surface area contributed by atoms with Crippen molar-refractivity contribution in [3.63, 3.8) is 0 Å². The highest BCUT2D eigenvalue weighted by Gasteiger charge is 2.21. The molecule has 110 valence electrons. The van der Waals surface area contributed by atoms with Gasteiger partial charge in [0.25, 0.3) is 0 Å². The molecule has 6 heteroatoms. The molecule has 1 aliphatic heterocycles. The minimum atomic E-state index is 0.283. The van der Waals surface area contributed by atoms with Crippen molar-refractivity contribution in [1.29, 1.82) is 0 Å². The Morgan fingerprint density at radius 3 is 2.65 bits per heavy atom. The molecule has 1 fully saturated rings. The van der Waals surface area contributed by atoms with Gasteiger partial charge in [0.2, 0.25) is 0 Å². The zero-order valence-corrected chi connectivity index (χ0v) is 13.9. The fourth-order valence-corrected chi connectivity index (χ4v) is 2.54. The van der Waals surface area contributed by atoms with Gasteiger partial charge in [-0.25, -0.2) is 9.97 Å². The van der Waals surface area contributed by atoms with Crippen molar-refractivity contribution >= 4 is 21.7 Å². The standard InChI is InChI=1S/C14H22BrN5/c1-10(12(3)20-7-5-19(4)6-8-20)18-14-13(15)11(2)16-9-17-14/h9,12H,1,5-8H2,2-4H3,(H,16,17,18). The van der Waals surface area contributed by atoms with Crippen molar-refractivity contribution in [2.24, 2.45) is 0 Å². The second kappa shape index (κ2) is 6.65. The molecule has 2 rings (SSSR count). The lowest BCUT2D eigenvalue weighted by atomic mass is 10.2. The predicted molar refractivity (Wildman–Crippen MR) is 85.8 cm³/mol. The van der Waals surface area contributed by atoms with Crippen LogP contribution in [0.1, 0.15) is 12.6 Å². The van der Waals surface area contributed by atoms with Crippen molar-refractivity contribution in [2.45, 2.75) is 19.9 Å². The van der Waals surface area contributed by atoms with Crippen LogP contribution < -0.4 is 5.32 Å². The number of rotatable bonds is 4. The van der Waals surface area contributed by atoms with Gasteiger partial charge in [0.1, 0.15) is 12.1 Å². The first kappa shape index (κ1) is 15.4. The molecule has 0 spiro atoms. The first-order valence-corrected chi connectivity index (χ1v) is 7.64. The summed E-state index contributed by atoms with van der Waals surface area (Å²) in [6.07, 6.45) is 1.57. The van der Waals surface area contributed by atoms with Crippen LogP contribution in [0.5, 0.6) is 0 Å². The Balaban J connectivity index is 1.99. The summed E-state index contributed by atoms with van der Waals surface area (Å²) in [5, 5.41) is 3.31. The SMILES string of the molecule is C=C(Nc1ncnc(C)c1Br)C(C)N1CCN(C)CC1. The average molecular weight is 340 g/mol. The Kier molecular flexibility index (Phi) is 5.12. The first-order chi connectivity index (χ1) is 9.49. The third kappa shape index (κ3) is 3.56. The van der Waals surface area contributed by atoms with Crippen molar-refractivity contribution in [2.75, 3.05) is 38.5 Å². The maximum absolute atomic E-state index is 4.26. The molecule has 0 radical (unpaired) electrons. The minimum Gasteiger partial charge on any atom is -0.342 e. The van der Waals surface area contributed by atoms with Gasteiger partial charge < -0.3 is 10.2 Å². The van der Waals surface area contributed by atoms with Crippen molar-refractivity contribution in [1.82, 2.24) is 19.8 Å². The van der Waals surface area contributed by atoms with Crippen LogP contribution >= 0.6 is 15.9 Å². The summed E-state index contributed by atoms with van der Waals surface area (Å²) in [5.41, 5.74) is 1.89. The van der Waals surface area contributed by atoms with Gasteiger partial charge in [-0.1, -0.05) is 6.58 Å². The second-order valence-electron chi connectivity index (χ2n) is 5.29. The number of hydrogen-bond donors (Lipinski definition) is 1. The Hall–Kier alpha value is -0.980. The van der Waals surface area contributed by atoms with E-state index in [1.165, 1.54) is 0 Å². The smallest absolute Gasteiger partial charge is 0.148 e. The highest BCUT2D eigenvalue weighted by molar-refractivity contribution is 9.10. The van der Waals surface area contributed by atoms with Crippen LogP contribution in [0.3, 0.4) is 0 Å². The lowest BCUT2D eigenvalue weighted by Gasteiger charge is -2.37. The van der Waals surface area contributed by atoms with Crippen LogP contribution in [0.4, 0.5) is 5.82 Å². The maximum Gasteiger partial charge on any atom is 0.148 e. The van der Waals surface area contributed by atoms with E-state index in [1.807, 2.05) is 6.92 Å². The molecule has 0 saturated carbocycles. The van der Waals surface area contributed by atoms with Gasteiger partial charge in [0, 0.05) is 37.9 Å². The average Bonchev–Trinajstić information content (AvgIpc) is 2.44. The zero-order valence-electron chi connectivity index (χ0n) is 12.4. The molecule has 1 unspecified atom stereocenters. The monoisotopic (exact) mass is 339 g/mol. The number of hydrogen-bond acceptors (Lipinski definition) is 5. The fourth-order valence-electron chi connectivity index (χ4n) is 2.23. The molecule has 5 nitrogen and oxygen atoms in total. The van der Waals surface area contributed by atoms with E-state index in [4.69, 9.17) is 0 Å². The van der Waals surface area contributed by atoms with E-state index >= 15 is 0 Å². The molecular formula is C14H22BrN5. The number of aromatic nitrogens is 2. The lowest BCUT2D eigenvalue weighted by molar-refractivity contribution is 0.132. The lowest BCUT2D eigenvalue weighted by Crippen LogP contribution is -2.49. The molecule has 0 amide bonds. The number of piperazine rings is 1. The molecule has 1 aromatic heterocycles. The van der Waals surface area contributed by atoms with Crippen LogP contribution in [0, 0.1) is 6.92 Å². The van der Waals surface area contributed by atoms with Gasteiger partial charge in [0.15, 0.2) is 0 Å². The molecule has 2 heterocycles.